The third-order valence-corrected chi connectivity index (χ3v) is 3.47. The van der Waals surface area contributed by atoms with Crippen LogP contribution in [0.15, 0.2) is 30.3 Å². The van der Waals surface area contributed by atoms with Crippen molar-refractivity contribution >= 4 is 23.0 Å². The van der Waals surface area contributed by atoms with E-state index in [9.17, 15) is 14.9 Å². The zero-order valence-electron chi connectivity index (χ0n) is 13.5. The van der Waals surface area contributed by atoms with E-state index in [4.69, 9.17) is 15.2 Å². The largest absolute Gasteiger partial charge is 0.493 e. The normalized spacial score (nSPS) is 10.1. The zero-order valence-corrected chi connectivity index (χ0v) is 13.5. The summed E-state index contributed by atoms with van der Waals surface area (Å²) >= 11 is 0. The second kappa shape index (κ2) is 6.86. The number of aryl methyl sites for hydroxylation is 1. The molecule has 3 N–H and O–H groups in total. The molecule has 0 fully saturated rings. The molecule has 0 atom stereocenters. The number of nitrogens with zero attached hydrogens (tertiary/aromatic N) is 1. The minimum Gasteiger partial charge on any atom is -0.493 e. The van der Waals surface area contributed by atoms with Gasteiger partial charge in [-0.25, -0.2) is 0 Å². The van der Waals surface area contributed by atoms with Gasteiger partial charge < -0.3 is 20.5 Å². The molecular formula is C16H17N3O5. The summed E-state index contributed by atoms with van der Waals surface area (Å²) in [5, 5.41) is 13.6. The number of carbonyl (C=O) groups is 1. The number of rotatable bonds is 5. The molecule has 126 valence electrons. The maximum absolute atomic E-state index is 12.4. The van der Waals surface area contributed by atoms with Crippen LogP contribution in [0.1, 0.15) is 15.9 Å². The van der Waals surface area contributed by atoms with Crippen molar-refractivity contribution in [3.05, 3.63) is 51.6 Å². The fourth-order valence-corrected chi connectivity index (χ4v) is 2.15. The predicted octanol–water partition coefficient (Wildman–Crippen LogP) is 2.75. The Hall–Kier alpha value is -3.29. The number of carbonyl (C=O) groups excluding carboxylic acids is 1. The monoisotopic (exact) mass is 331 g/mol. The zero-order chi connectivity index (χ0) is 17.9. The minimum absolute atomic E-state index is 0.00107. The molecule has 0 saturated carbocycles. The van der Waals surface area contributed by atoms with Crippen LogP contribution < -0.4 is 20.5 Å². The third-order valence-electron chi connectivity index (χ3n) is 3.47. The molecule has 0 heterocycles. The fourth-order valence-electron chi connectivity index (χ4n) is 2.15. The number of methoxy groups -OCH3 is 2. The molecule has 1 amide bonds. The van der Waals surface area contributed by atoms with Crippen molar-refractivity contribution in [3.8, 4) is 11.5 Å². The highest BCUT2D eigenvalue weighted by molar-refractivity contribution is 6.05. The second-order valence-corrected chi connectivity index (χ2v) is 5.01. The van der Waals surface area contributed by atoms with Crippen LogP contribution in [0, 0.1) is 17.0 Å². The van der Waals surface area contributed by atoms with Gasteiger partial charge in [0.2, 0.25) is 0 Å². The molecule has 0 bridgehead atoms. The number of hydrogen-bond acceptors (Lipinski definition) is 6. The molecule has 0 aliphatic carbocycles. The Labute approximate surface area is 138 Å². The summed E-state index contributed by atoms with van der Waals surface area (Å²) in [6, 6.07) is 7.24. The highest BCUT2D eigenvalue weighted by atomic mass is 16.6. The lowest BCUT2D eigenvalue weighted by atomic mass is 10.1. The Morgan fingerprint density at radius 1 is 1.17 bits per heavy atom. The minimum atomic E-state index is -0.631. The average Bonchev–Trinajstić information content (AvgIpc) is 2.56. The fraction of sp³-hybridized carbons (Fsp3) is 0.188. The topological polar surface area (TPSA) is 117 Å². The molecule has 8 heteroatoms. The van der Waals surface area contributed by atoms with Gasteiger partial charge in [-0.1, -0.05) is 0 Å². The van der Waals surface area contributed by atoms with Crippen LogP contribution >= 0.6 is 0 Å². The van der Waals surface area contributed by atoms with Crippen LogP contribution in [0.2, 0.25) is 0 Å². The third kappa shape index (κ3) is 3.37. The highest BCUT2D eigenvalue weighted by Crippen LogP contribution is 2.33. The lowest BCUT2D eigenvalue weighted by Gasteiger charge is -2.13. The van der Waals surface area contributed by atoms with Crippen LogP contribution in [-0.4, -0.2) is 25.1 Å². The quantitative estimate of drug-likeness (QED) is 0.494. The molecule has 8 nitrogen and oxygen atoms in total. The Balaban J connectivity index is 2.33. The Morgan fingerprint density at radius 3 is 2.38 bits per heavy atom. The number of ether oxygens (including phenoxy) is 2. The molecule has 0 aliphatic rings. The Kier molecular flexibility index (Phi) is 4.88. The van der Waals surface area contributed by atoms with Crippen LogP contribution in [-0.2, 0) is 0 Å². The van der Waals surface area contributed by atoms with Gasteiger partial charge in [-0.05, 0) is 30.7 Å². The van der Waals surface area contributed by atoms with Gasteiger partial charge in [0, 0.05) is 23.4 Å². The van der Waals surface area contributed by atoms with Gasteiger partial charge in [-0.2, -0.15) is 0 Å². The number of amides is 1. The van der Waals surface area contributed by atoms with Gasteiger partial charge in [0.1, 0.15) is 5.69 Å². The lowest BCUT2D eigenvalue weighted by Crippen LogP contribution is -2.13. The van der Waals surface area contributed by atoms with E-state index in [0.29, 0.717) is 17.2 Å². The summed E-state index contributed by atoms with van der Waals surface area (Å²) in [4.78, 5) is 22.7. The van der Waals surface area contributed by atoms with E-state index in [1.165, 1.54) is 26.4 Å². The van der Waals surface area contributed by atoms with Crippen molar-refractivity contribution in [2.24, 2.45) is 0 Å². The van der Waals surface area contributed by atoms with Gasteiger partial charge in [0.05, 0.1) is 19.1 Å². The molecule has 24 heavy (non-hydrogen) atoms. The van der Waals surface area contributed by atoms with Crippen LogP contribution in [0.3, 0.4) is 0 Å². The van der Waals surface area contributed by atoms with Gasteiger partial charge in [-0.3, -0.25) is 14.9 Å². The van der Waals surface area contributed by atoms with Crippen molar-refractivity contribution in [1.82, 2.24) is 0 Å². The average molecular weight is 331 g/mol. The van der Waals surface area contributed by atoms with Gasteiger partial charge in [-0.15, -0.1) is 0 Å². The van der Waals surface area contributed by atoms with E-state index in [-0.39, 0.29) is 16.9 Å². The summed E-state index contributed by atoms with van der Waals surface area (Å²) in [5.74, 6) is 0.506. The number of nitrogens with two attached hydrogens (primary N) is 1. The van der Waals surface area contributed by atoms with Crippen molar-refractivity contribution in [3.63, 3.8) is 0 Å². The van der Waals surface area contributed by atoms with Gasteiger partial charge in [0.25, 0.3) is 11.6 Å². The Bertz CT molecular complexity index is 805. The van der Waals surface area contributed by atoms with Crippen molar-refractivity contribution in [2.45, 2.75) is 6.92 Å². The maximum Gasteiger partial charge on any atom is 0.292 e. The molecule has 0 spiro atoms. The number of nitro groups is 1. The SMILES string of the molecule is COc1cc(C)c(NC(=O)c2ccc(N)c([N+](=O)[O-])c2)cc1OC. The molecule has 0 radical (unpaired) electrons. The standard InChI is InChI=1S/C16H17N3O5/c1-9-6-14(23-2)15(24-3)8-12(9)18-16(20)10-4-5-11(17)13(7-10)19(21)22/h4-8H,17H2,1-3H3,(H,18,20). The highest BCUT2D eigenvalue weighted by Gasteiger charge is 2.17. The first-order chi connectivity index (χ1) is 11.4. The molecule has 2 rings (SSSR count). The maximum atomic E-state index is 12.4. The van der Waals surface area contributed by atoms with E-state index in [1.54, 1.807) is 19.1 Å². The first kappa shape index (κ1) is 17.1. The molecule has 0 aromatic heterocycles. The smallest absolute Gasteiger partial charge is 0.292 e. The number of nitrogens with one attached hydrogen (secondary N) is 1. The first-order valence-electron chi connectivity index (χ1n) is 6.95. The van der Waals surface area contributed by atoms with Crippen LogP contribution in [0.25, 0.3) is 0 Å². The summed E-state index contributed by atoms with van der Waals surface area (Å²) in [5.41, 5.74) is 6.62. The predicted molar refractivity (Wildman–Crippen MR) is 89.7 cm³/mol. The molecule has 2 aromatic carbocycles. The van der Waals surface area contributed by atoms with Crippen LogP contribution in [0.5, 0.6) is 11.5 Å². The number of benzene rings is 2. The number of nitrogen functional groups attached to an aromatic ring is 1. The number of hydrogen-bond donors (Lipinski definition) is 2. The summed E-state index contributed by atoms with van der Waals surface area (Å²) in [6.45, 7) is 1.79. The molecular weight excluding hydrogens is 314 g/mol. The summed E-state index contributed by atoms with van der Waals surface area (Å²) in [6.07, 6.45) is 0. The number of nitro benzene ring substituents is 1. The molecule has 2 aromatic rings. The molecule has 0 aliphatic heterocycles. The van der Waals surface area contributed by atoms with Gasteiger partial charge in [0.15, 0.2) is 11.5 Å². The molecule has 0 saturated heterocycles. The van der Waals surface area contributed by atoms with E-state index in [0.717, 1.165) is 11.6 Å². The van der Waals surface area contributed by atoms with E-state index >= 15 is 0 Å². The van der Waals surface area contributed by atoms with Crippen molar-refractivity contribution < 1.29 is 19.2 Å². The lowest BCUT2D eigenvalue weighted by molar-refractivity contribution is -0.383. The van der Waals surface area contributed by atoms with E-state index < -0.39 is 10.8 Å². The summed E-state index contributed by atoms with van der Waals surface area (Å²) < 4.78 is 10.4. The van der Waals surface area contributed by atoms with Crippen molar-refractivity contribution in [2.75, 3.05) is 25.3 Å². The molecule has 0 unspecified atom stereocenters. The van der Waals surface area contributed by atoms with E-state index in [2.05, 4.69) is 5.32 Å². The van der Waals surface area contributed by atoms with Crippen LogP contribution in [0.4, 0.5) is 17.1 Å². The summed E-state index contributed by atoms with van der Waals surface area (Å²) in [7, 11) is 3.01. The van der Waals surface area contributed by atoms with Gasteiger partial charge >= 0.3 is 0 Å². The van der Waals surface area contributed by atoms with Crippen molar-refractivity contribution in [1.29, 1.82) is 0 Å². The second-order valence-electron chi connectivity index (χ2n) is 5.01. The first-order valence-corrected chi connectivity index (χ1v) is 6.95. The Morgan fingerprint density at radius 2 is 1.79 bits per heavy atom. The van der Waals surface area contributed by atoms with E-state index in [1.807, 2.05) is 0 Å². The number of anilines is 2.